The zero-order valence-electron chi connectivity index (χ0n) is 14.1. The van der Waals surface area contributed by atoms with E-state index in [1.807, 2.05) is 0 Å². The van der Waals surface area contributed by atoms with Crippen molar-refractivity contribution in [1.82, 2.24) is 0 Å². The van der Waals surface area contributed by atoms with Crippen LogP contribution >= 0.6 is 0 Å². The van der Waals surface area contributed by atoms with Crippen molar-refractivity contribution in [3.63, 3.8) is 0 Å². The van der Waals surface area contributed by atoms with Crippen molar-refractivity contribution < 1.29 is 0 Å². The lowest BCUT2D eigenvalue weighted by molar-refractivity contribution is 0.712. The molecule has 0 aromatic heterocycles. The molecule has 0 radical (unpaired) electrons. The van der Waals surface area contributed by atoms with Gasteiger partial charge in [-0.05, 0) is 53.2 Å². The molecule has 1 atom stereocenters. The van der Waals surface area contributed by atoms with Gasteiger partial charge in [0.1, 0.15) is 0 Å². The van der Waals surface area contributed by atoms with Gasteiger partial charge in [-0.15, -0.1) is 0 Å². The molecule has 3 aromatic carbocycles. The van der Waals surface area contributed by atoms with Crippen LogP contribution in [0.5, 0.6) is 0 Å². The molecule has 0 spiro atoms. The summed E-state index contributed by atoms with van der Waals surface area (Å²) in [5.41, 5.74) is 8.58. The van der Waals surface area contributed by atoms with Crippen molar-refractivity contribution in [3.05, 3.63) is 107 Å². The van der Waals surface area contributed by atoms with Gasteiger partial charge in [0, 0.05) is 5.92 Å². The van der Waals surface area contributed by atoms with E-state index in [1.165, 1.54) is 39.8 Å². The average molecular weight is 310 g/mol. The molecule has 1 aliphatic carbocycles. The molecule has 1 aliphatic rings. The molecular weight excluding hydrogens is 288 g/mol. The Morgan fingerprint density at radius 1 is 0.750 bits per heavy atom. The maximum Gasteiger partial charge on any atom is 0.00985 e. The van der Waals surface area contributed by atoms with Crippen molar-refractivity contribution >= 4 is 11.1 Å². The van der Waals surface area contributed by atoms with E-state index < -0.39 is 0 Å². The van der Waals surface area contributed by atoms with E-state index in [-0.39, 0.29) is 0 Å². The van der Waals surface area contributed by atoms with Gasteiger partial charge in [0.05, 0.1) is 0 Å². The average Bonchev–Trinajstić information content (AvgIpc) is 2.68. The predicted octanol–water partition coefficient (Wildman–Crippen LogP) is 6.54. The maximum atomic E-state index is 2.31. The molecule has 3 aromatic rings. The summed E-state index contributed by atoms with van der Waals surface area (Å²) in [5.74, 6) is 0.509. The van der Waals surface area contributed by atoms with Gasteiger partial charge in [-0.3, -0.25) is 0 Å². The van der Waals surface area contributed by atoms with Gasteiger partial charge >= 0.3 is 0 Å². The summed E-state index contributed by atoms with van der Waals surface area (Å²) in [5, 5.41) is 0. The Labute approximate surface area is 144 Å². The van der Waals surface area contributed by atoms with Gasteiger partial charge < -0.3 is 0 Å². The van der Waals surface area contributed by atoms with E-state index in [1.54, 1.807) is 0 Å². The quantitative estimate of drug-likeness (QED) is 0.504. The number of rotatable bonds is 2. The molecule has 0 heterocycles. The number of allylic oxidation sites excluding steroid dienone is 2. The van der Waals surface area contributed by atoms with Gasteiger partial charge in [0.2, 0.25) is 0 Å². The molecule has 0 N–H and O–H groups in total. The molecule has 118 valence electrons. The highest BCUT2D eigenvalue weighted by Gasteiger charge is 2.25. The summed E-state index contributed by atoms with van der Waals surface area (Å²) in [4.78, 5) is 0. The molecule has 0 bridgehead atoms. The number of benzene rings is 3. The van der Waals surface area contributed by atoms with Crippen LogP contribution in [0.1, 0.15) is 47.9 Å². The lowest BCUT2D eigenvalue weighted by atomic mass is 9.75. The summed E-state index contributed by atoms with van der Waals surface area (Å²) < 4.78 is 0. The molecule has 0 aliphatic heterocycles. The second-order valence-electron chi connectivity index (χ2n) is 6.56. The Kier molecular flexibility index (Phi) is 4.04. The third-order valence-electron chi connectivity index (χ3n) is 5.21. The maximum absolute atomic E-state index is 2.31. The van der Waals surface area contributed by atoms with E-state index in [9.17, 15) is 0 Å². The molecule has 4 rings (SSSR count). The van der Waals surface area contributed by atoms with Crippen LogP contribution in [-0.2, 0) is 0 Å². The molecule has 0 amide bonds. The summed E-state index contributed by atoms with van der Waals surface area (Å²) >= 11 is 0. The Hall–Kier alpha value is -2.60. The SMILES string of the molecule is C/C(=C1/CCC(c2ccccc2)c2ccccc21)c1ccccc1. The molecular formula is C24H22. The molecule has 24 heavy (non-hydrogen) atoms. The first-order valence-electron chi connectivity index (χ1n) is 8.74. The minimum Gasteiger partial charge on any atom is -0.0622 e. The zero-order chi connectivity index (χ0) is 16.4. The van der Waals surface area contributed by atoms with Crippen LogP contribution in [0.2, 0.25) is 0 Å². The first-order valence-corrected chi connectivity index (χ1v) is 8.74. The third-order valence-corrected chi connectivity index (χ3v) is 5.21. The minimum absolute atomic E-state index is 0.509. The first kappa shape index (κ1) is 15.0. The van der Waals surface area contributed by atoms with Crippen LogP contribution < -0.4 is 0 Å². The third kappa shape index (κ3) is 2.69. The van der Waals surface area contributed by atoms with E-state index in [4.69, 9.17) is 0 Å². The Balaban J connectivity index is 1.83. The standard InChI is InChI=1S/C24H22/c1-18(19-10-4-2-5-11-19)21-16-17-22(20-12-6-3-7-13-20)24-15-9-8-14-23(21)24/h2-15,22H,16-17H2,1H3/b21-18+. The van der Waals surface area contributed by atoms with Crippen LogP contribution in [0.4, 0.5) is 0 Å². The first-order chi connectivity index (χ1) is 11.8. The smallest absolute Gasteiger partial charge is 0.00985 e. The fraction of sp³-hybridized carbons (Fsp3) is 0.167. The molecule has 0 saturated carbocycles. The van der Waals surface area contributed by atoms with Crippen LogP contribution in [0.3, 0.4) is 0 Å². The van der Waals surface area contributed by atoms with Gasteiger partial charge in [-0.2, -0.15) is 0 Å². The normalized spacial score (nSPS) is 18.8. The molecule has 0 fully saturated rings. The molecule has 0 heteroatoms. The minimum atomic E-state index is 0.509. The fourth-order valence-corrected chi connectivity index (χ4v) is 3.94. The van der Waals surface area contributed by atoms with Crippen molar-refractivity contribution in [2.75, 3.05) is 0 Å². The highest BCUT2D eigenvalue weighted by molar-refractivity contribution is 5.91. The highest BCUT2D eigenvalue weighted by Crippen LogP contribution is 2.44. The summed E-state index contributed by atoms with van der Waals surface area (Å²) in [7, 11) is 0. The largest absolute Gasteiger partial charge is 0.0622 e. The van der Waals surface area contributed by atoms with Crippen molar-refractivity contribution in [3.8, 4) is 0 Å². The number of hydrogen-bond acceptors (Lipinski definition) is 0. The summed E-state index contributed by atoms with van der Waals surface area (Å²) in [6.07, 6.45) is 2.32. The Bertz CT molecular complexity index is 857. The van der Waals surface area contributed by atoms with Crippen molar-refractivity contribution in [2.24, 2.45) is 0 Å². The van der Waals surface area contributed by atoms with Crippen LogP contribution in [0.15, 0.2) is 84.9 Å². The molecule has 0 saturated heterocycles. The van der Waals surface area contributed by atoms with Gasteiger partial charge in [-0.1, -0.05) is 84.9 Å². The lowest BCUT2D eigenvalue weighted by Gasteiger charge is -2.29. The summed E-state index contributed by atoms with van der Waals surface area (Å²) in [6.45, 7) is 2.27. The van der Waals surface area contributed by atoms with E-state index in [0.717, 1.165) is 6.42 Å². The zero-order valence-corrected chi connectivity index (χ0v) is 14.1. The highest BCUT2D eigenvalue weighted by atomic mass is 14.3. The number of fused-ring (bicyclic) bond motifs is 1. The topological polar surface area (TPSA) is 0 Å². The monoisotopic (exact) mass is 310 g/mol. The summed E-state index contributed by atoms with van der Waals surface area (Å²) in [6, 6.07) is 30.7. The molecule has 1 unspecified atom stereocenters. The van der Waals surface area contributed by atoms with Crippen molar-refractivity contribution in [1.29, 1.82) is 0 Å². The van der Waals surface area contributed by atoms with Gasteiger partial charge in [0.25, 0.3) is 0 Å². The second kappa shape index (κ2) is 6.49. The van der Waals surface area contributed by atoms with Crippen LogP contribution in [-0.4, -0.2) is 0 Å². The van der Waals surface area contributed by atoms with Crippen molar-refractivity contribution in [2.45, 2.75) is 25.7 Å². The number of hydrogen-bond donors (Lipinski definition) is 0. The van der Waals surface area contributed by atoms with E-state index in [0.29, 0.717) is 5.92 Å². The van der Waals surface area contributed by atoms with Crippen LogP contribution in [0.25, 0.3) is 11.1 Å². The fourth-order valence-electron chi connectivity index (χ4n) is 3.94. The second-order valence-corrected chi connectivity index (χ2v) is 6.56. The Morgan fingerprint density at radius 2 is 1.38 bits per heavy atom. The van der Waals surface area contributed by atoms with E-state index in [2.05, 4.69) is 91.9 Å². The predicted molar refractivity (Wildman–Crippen MR) is 103 cm³/mol. The lowest BCUT2D eigenvalue weighted by Crippen LogP contribution is -2.11. The van der Waals surface area contributed by atoms with Gasteiger partial charge in [-0.25, -0.2) is 0 Å². The van der Waals surface area contributed by atoms with E-state index >= 15 is 0 Å². The Morgan fingerprint density at radius 3 is 2.12 bits per heavy atom. The molecule has 0 nitrogen and oxygen atoms in total. The van der Waals surface area contributed by atoms with Crippen LogP contribution in [0, 0.1) is 0 Å². The van der Waals surface area contributed by atoms with Gasteiger partial charge in [0.15, 0.2) is 0 Å².